The van der Waals surface area contributed by atoms with Gasteiger partial charge in [0.15, 0.2) is 0 Å². The lowest BCUT2D eigenvalue weighted by atomic mass is 9.83. The average molecular weight is 177 g/mol. The van der Waals surface area contributed by atoms with E-state index in [0.29, 0.717) is 11.3 Å². The van der Waals surface area contributed by atoms with Gasteiger partial charge in [0.2, 0.25) is 0 Å². The molecule has 1 atom stereocenters. The lowest BCUT2D eigenvalue weighted by Crippen LogP contribution is -2.11. The van der Waals surface area contributed by atoms with Crippen LogP contribution in [-0.4, -0.2) is 5.88 Å². The fraction of sp³-hybridized carbons (Fsp3) is 1.00. The summed E-state index contributed by atoms with van der Waals surface area (Å²) in [5.74, 6) is 1.49. The van der Waals surface area contributed by atoms with Crippen molar-refractivity contribution in [1.82, 2.24) is 0 Å². The summed E-state index contributed by atoms with van der Waals surface area (Å²) in [5, 5.41) is 0. The topological polar surface area (TPSA) is 0 Å². The molecule has 1 unspecified atom stereocenters. The van der Waals surface area contributed by atoms with Crippen LogP contribution in [0.4, 0.5) is 0 Å². The predicted octanol–water partition coefficient (Wildman–Crippen LogP) is 4.08. The van der Waals surface area contributed by atoms with Crippen molar-refractivity contribution in [2.75, 3.05) is 5.88 Å². The molecule has 0 N–H and O–H groups in total. The Labute approximate surface area is 76.3 Å². The molecule has 1 heteroatoms. The second kappa shape index (κ2) is 5.03. The van der Waals surface area contributed by atoms with E-state index in [1.165, 1.54) is 19.3 Å². The quantitative estimate of drug-likeness (QED) is 0.554. The van der Waals surface area contributed by atoms with Crippen LogP contribution < -0.4 is 0 Å². The number of alkyl halides is 1. The Hall–Kier alpha value is 0.290. The highest BCUT2D eigenvalue weighted by Gasteiger charge is 2.15. The maximum atomic E-state index is 5.72. The lowest BCUT2D eigenvalue weighted by molar-refractivity contribution is 0.294. The minimum atomic E-state index is 0.514. The third-order valence-electron chi connectivity index (χ3n) is 2.53. The van der Waals surface area contributed by atoms with Gasteiger partial charge in [-0.1, -0.05) is 34.1 Å². The van der Waals surface area contributed by atoms with E-state index in [9.17, 15) is 0 Å². The molecule has 0 radical (unpaired) electrons. The minimum Gasteiger partial charge on any atom is -0.126 e. The van der Waals surface area contributed by atoms with Gasteiger partial charge in [0.05, 0.1) is 0 Å². The molecule has 0 amide bonds. The smallest absolute Gasteiger partial charge is 0.0249 e. The van der Waals surface area contributed by atoms with Gasteiger partial charge >= 0.3 is 0 Å². The molecule has 68 valence electrons. The zero-order chi connectivity index (χ0) is 8.91. The molecular weight excluding hydrogens is 156 g/mol. The maximum absolute atomic E-state index is 5.72. The first-order chi connectivity index (χ1) is 5.02. The number of halogens is 1. The Morgan fingerprint density at radius 3 is 2.27 bits per heavy atom. The SMILES string of the molecule is CCC(C)(C)CCC(C)CCl. The van der Waals surface area contributed by atoms with Crippen LogP contribution in [0.25, 0.3) is 0 Å². The molecule has 0 rings (SSSR count). The zero-order valence-electron chi connectivity index (χ0n) is 8.28. The van der Waals surface area contributed by atoms with Gasteiger partial charge in [0.1, 0.15) is 0 Å². The summed E-state index contributed by atoms with van der Waals surface area (Å²) in [5.41, 5.74) is 0.514. The Morgan fingerprint density at radius 1 is 1.36 bits per heavy atom. The van der Waals surface area contributed by atoms with Crippen molar-refractivity contribution in [2.24, 2.45) is 11.3 Å². The highest BCUT2D eigenvalue weighted by molar-refractivity contribution is 6.18. The van der Waals surface area contributed by atoms with Gasteiger partial charge in [-0.2, -0.15) is 0 Å². The molecule has 0 aromatic rings. The Morgan fingerprint density at radius 2 is 1.91 bits per heavy atom. The molecule has 0 aliphatic carbocycles. The molecule has 0 aromatic carbocycles. The molecule has 0 saturated heterocycles. The van der Waals surface area contributed by atoms with Crippen molar-refractivity contribution in [2.45, 2.75) is 47.0 Å². The van der Waals surface area contributed by atoms with Gasteiger partial charge in [-0.3, -0.25) is 0 Å². The van der Waals surface area contributed by atoms with Gasteiger partial charge < -0.3 is 0 Å². The predicted molar refractivity (Wildman–Crippen MR) is 53.2 cm³/mol. The van der Waals surface area contributed by atoms with Crippen molar-refractivity contribution >= 4 is 11.6 Å². The van der Waals surface area contributed by atoms with E-state index >= 15 is 0 Å². The van der Waals surface area contributed by atoms with Crippen LogP contribution in [0.1, 0.15) is 47.0 Å². The summed E-state index contributed by atoms with van der Waals surface area (Å²) in [6.45, 7) is 9.13. The monoisotopic (exact) mass is 176 g/mol. The van der Waals surface area contributed by atoms with E-state index in [1.807, 2.05) is 0 Å². The molecule has 0 nitrogen and oxygen atoms in total. The maximum Gasteiger partial charge on any atom is 0.0249 e. The first-order valence-corrected chi connectivity index (χ1v) is 5.11. The van der Waals surface area contributed by atoms with Crippen LogP contribution in [0.2, 0.25) is 0 Å². The molecule has 0 bridgehead atoms. The van der Waals surface area contributed by atoms with Crippen molar-refractivity contribution in [3.8, 4) is 0 Å². The van der Waals surface area contributed by atoms with Crippen LogP contribution in [-0.2, 0) is 0 Å². The molecule has 0 fully saturated rings. The van der Waals surface area contributed by atoms with Crippen molar-refractivity contribution in [3.63, 3.8) is 0 Å². The molecule has 0 saturated carbocycles. The van der Waals surface area contributed by atoms with E-state index in [4.69, 9.17) is 11.6 Å². The third kappa shape index (κ3) is 5.55. The summed E-state index contributed by atoms with van der Waals surface area (Å²) < 4.78 is 0. The van der Waals surface area contributed by atoms with Gasteiger partial charge in [-0.05, 0) is 24.2 Å². The van der Waals surface area contributed by atoms with Crippen LogP contribution in [0.5, 0.6) is 0 Å². The van der Waals surface area contributed by atoms with Crippen LogP contribution >= 0.6 is 11.6 Å². The van der Waals surface area contributed by atoms with E-state index < -0.39 is 0 Å². The first kappa shape index (κ1) is 11.3. The van der Waals surface area contributed by atoms with Crippen LogP contribution in [0.3, 0.4) is 0 Å². The highest BCUT2D eigenvalue weighted by atomic mass is 35.5. The van der Waals surface area contributed by atoms with Crippen LogP contribution in [0, 0.1) is 11.3 Å². The van der Waals surface area contributed by atoms with Gasteiger partial charge in [-0.15, -0.1) is 11.6 Å². The molecule has 0 aliphatic heterocycles. The number of rotatable bonds is 5. The van der Waals surface area contributed by atoms with E-state index in [2.05, 4.69) is 27.7 Å². The van der Waals surface area contributed by atoms with Crippen molar-refractivity contribution in [1.29, 1.82) is 0 Å². The second-order valence-electron chi connectivity index (χ2n) is 4.32. The molecule has 0 aromatic heterocycles. The summed E-state index contributed by atoms with van der Waals surface area (Å²) in [7, 11) is 0. The van der Waals surface area contributed by atoms with Crippen LogP contribution in [0.15, 0.2) is 0 Å². The fourth-order valence-electron chi connectivity index (χ4n) is 0.891. The van der Waals surface area contributed by atoms with Crippen molar-refractivity contribution < 1.29 is 0 Å². The lowest BCUT2D eigenvalue weighted by Gasteiger charge is -2.23. The Bertz CT molecular complexity index is 97.0. The standard InChI is InChI=1S/C10H21Cl/c1-5-10(3,4)7-6-9(2)8-11/h9H,5-8H2,1-4H3. The van der Waals surface area contributed by atoms with E-state index in [1.54, 1.807) is 0 Å². The number of hydrogen-bond donors (Lipinski definition) is 0. The molecule has 0 aliphatic rings. The summed E-state index contributed by atoms with van der Waals surface area (Å²) in [6, 6.07) is 0. The molecule has 0 heterocycles. The normalized spacial score (nSPS) is 15.0. The zero-order valence-corrected chi connectivity index (χ0v) is 9.04. The fourth-order valence-corrected chi connectivity index (χ4v) is 1.05. The van der Waals surface area contributed by atoms with E-state index in [0.717, 1.165) is 5.88 Å². The average Bonchev–Trinajstić information content (AvgIpc) is 2.00. The molecular formula is C10H21Cl. The van der Waals surface area contributed by atoms with Crippen molar-refractivity contribution in [3.05, 3.63) is 0 Å². The Kier molecular flexibility index (Phi) is 5.16. The van der Waals surface area contributed by atoms with Gasteiger partial charge in [0, 0.05) is 5.88 Å². The summed E-state index contributed by atoms with van der Waals surface area (Å²) in [6.07, 6.45) is 3.84. The summed E-state index contributed by atoms with van der Waals surface area (Å²) in [4.78, 5) is 0. The van der Waals surface area contributed by atoms with E-state index in [-0.39, 0.29) is 0 Å². The number of hydrogen-bond acceptors (Lipinski definition) is 0. The Balaban J connectivity index is 3.52. The highest BCUT2D eigenvalue weighted by Crippen LogP contribution is 2.28. The molecule has 0 spiro atoms. The first-order valence-electron chi connectivity index (χ1n) is 4.58. The molecule has 11 heavy (non-hydrogen) atoms. The minimum absolute atomic E-state index is 0.514. The second-order valence-corrected chi connectivity index (χ2v) is 4.62. The summed E-state index contributed by atoms with van der Waals surface area (Å²) >= 11 is 5.72. The third-order valence-corrected chi connectivity index (χ3v) is 3.06. The van der Waals surface area contributed by atoms with Gasteiger partial charge in [-0.25, -0.2) is 0 Å². The largest absolute Gasteiger partial charge is 0.126 e. The van der Waals surface area contributed by atoms with Gasteiger partial charge in [0.25, 0.3) is 0 Å².